The molecule has 18 aromatic rings. The number of anilines is 15. The van der Waals surface area contributed by atoms with Crippen LogP contribution in [0.4, 0.5) is 85.3 Å². The van der Waals surface area contributed by atoms with E-state index in [9.17, 15) is 0 Å². The Hall–Kier alpha value is -13.4. The molecule has 0 bridgehead atoms. The summed E-state index contributed by atoms with van der Waals surface area (Å²) in [7, 11) is 0. The van der Waals surface area contributed by atoms with Gasteiger partial charge in [0.1, 0.15) is 0 Å². The van der Waals surface area contributed by atoms with Crippen LogP contribution in [0.3, 0.4) is 0 Å². The van der Waals surface area contributed by atoms with E-state index in [1.165, 1.54) is 64.1 Å². The van der Waals surface area contributed by atoms with Crippen LogP contribution in [-0.4, -0.2) is 22.6 Å². The summed E-state index contributed by atoms with van der Waals surface area (Å²) >= 11 is 1.91. The first kappa shape index (κ1) is 60.2. The molecule has 2 aromatic heterocycles. The zero-order valence-electron chi connectivity index (χ0n) is 57.6. The van der Waals surface area contributed by atoms with Crippen molar-refractivity contribution in [3.8, 4) is 11.4 Å². The van der Waals surface area contributed by atoms with Crippen LogP contribution in [0.1, 0.15) is 0 Å². The molecule has 10 heteroatoms. The van der Waals surface area contributed by atoms with Crippen molar-refractivity contribution in [2.75, 3.05) is 24.5 Å². The Bertz CT molecular complexity index is 6430. The number of benzene rings is 16. The lowest BCUT2D eigenvalue weighted by atomic mass is 9.31. The van der Waals surface area contributed by atoms with Crippen LogP contribution in [-0.2, 0) is 0 Å². The maximum absolute atomic E-state index is 2.68. The van der Waals surface area contributed by atoms with E-state index in [-0.39, 0.29) is 13.4 Å². The summed E-state index contributed by atoms with van der Waals surface area (Å²) in [5.74, 6) is 0. The van der Waals surface area contributed by atoms with Crippen molar-refractivity contribution in [3.05, 3.63) is 382 Å². The van der Waals surface area contributed by atoms with E-state index >= 15 is 0 Å². The van der Waals surface area contributed by atoms with Crippen LogP contribution in [0.5, 0.6) is 0 Å². The standard InChI is InChI=1S/C96H63B2N7S/c1-10-32-64(33-11-1)99(65-34-12-2-13-35-65)73-58-86-91-87(59-73)104(71-46-24-8-25-47-71)95-79(56-54-77-75-50-28-30-52-83(75)102(93(77)95)69-42-20-6-21-43-69)97(91)81-62-82-89(63-85(81)101(86)68-40-18-5-19-41-68)106-90-61-74(100(66-36-14-3-15-37-66)67-38-16-4-17-39-67)60-88-92(90)98(82)80-57-55-78-76-51-29-31-53-84(76)103(70-44-22-7-23-45-70)94(78)96(80)105(88)72-48-26-9-27-49-72/h1-63H. The molecular weight excluding hydrogens is 1300 g/mol. The second-order valence-corrected chi connectivity index (χ2v) is 29.0. The van der Waals surface area contributed by atoms with Gasteiger partial charge >= 0.3 is 0 Å². The second kappa shape index (κ2) is 24.1. The van der Waals surface area contributed by atoms with Gasteiger partial charge < -0.3 is 33.6 Å². The first-order valence-corrected chi connectivity index (χ1v) is 37.3. The minimum absolute atomic E-state index is 0.227. The van der Waals surface area contributed by atoms with Crippen molar-refractivity contribution in [3.63, 3.8) is 0 Å². The predicted octanol–water partition coefficient (Wildman–Crippen LogP) is 21.7. The number of rotatable bonds is 11. The third-order valence-electron chi connectivity index (χ3n) is 22.2. The molecule has 0 N–H and O–H groups in total. The van der Waals surface area contributed by atoms with Crippen LogP contribution < -0.4 is 57.3 Å². The summed E-state index contributed by atoms with van der Waals surface area (Å²) in [6.45, 7) is -0.497. The Morgan fingerprint density at radius 2 is 0.566 bits per heavy atom. The van der Waals surface area contributed by atoms with E-state index in [4.69, 9.17) is 0 Å². The molecule has 7 nitrogen and oxygen atoms in total. The third-order valence-corrected chi connectivity index (χ3v) is 23.3. The first-order valence-electron chi connectivity index (χ1n) is 36.5. The van der Waals surface area contributed by atoms with E-state index in [0.29, 0.717) is 0 Å². The Kier molecular flexibility index (Phi) is 13.7. The molecule has 494 valence electrons. The zero-order valence-corrected chi connectivity index (χ0v) is 58.4. The Morgan fingerprint density at radius 3 is 0.991 bits per heavy atom. The molecule has 4 aliphatic heterocycles. The highest BCUT2D eigenvalue weighted by atomic mass is 32.2. The van der Waals surface area contributed by atoms with Gasteiger partial charge in [0.05, 0.1) is 39.1 Å². The Balaban J connectivity index is 0.891. The second-order valence-electron chi connectivity index (χ2n) is 27.9. The molecule has 106 heavy (non-hydrogen) atoms. The molecule has 0 fully saturated rings. The average molecular weight is 1370 g/mol. The summed E-state index contributed by atoms with van der Waals surface area (Å²) in [5, 5.41) is 4.81. The molecule has 16 aromatic carbocycles. The Labute approximate surface area is 619 Å². The molecule has 0 radical (unpaired) electrons. The monoisotopic (exact) mass is 1370 g/mol. The van der Waals surface area contributed by atoms with Gasteiger partial charge in [-0.05, 0) is 179 Å². The smallest absolute Gasteiger partial charge is 0.252 e. The molecule has 0 saturated heterocycles. The molecule has 4 aliphatic rings. The van der Waals surface area contributed by atoms with Crippen LogP contribution in [0, 0.1) is 0 Å². The summed E-state index contributed by atoms with van der Waals surface area (Å²) in [6, 6.07) is 142. The van der Waals surface area contributed by atoms with E-state index in [2.05, 4.69) is 416 Å². The summed E-state index contributed by atoms with van der Waals surface area (Å²) in [5.41, 5.74) is 30.9. The molecule has 0 aliphatic carbocycles. The molecule has 0 spiro atoms. The largest absolute Gasteiger partial charge is 0.311 e. The summed E-state index contributed by atoms with van der Waals surface area (Å²) < 4.78 is 5.07. The minimum Gasteiger partial charge on any atom is -0.311 e. The molecule has 0 unspecified atom stereocenters. The topological polar surface area (TPSA) is 26.1 Å². The predicted molar refractivity (Wildman–Crippen MR) is 448 cm³/mol. The third kappa shape index (κ3) is 9.11. The number of hydrogen-bond donors (Lipinski definition) is 0. The number of para-hydroxylation sites is 11. The molecule has 6 heterocycles. The fourth-order valence-corrected chi connectivity index (χ4v) is 19.2. The highest BCUT2D eigenvalue weighted by Gasteiger charge is 2.49. The van der Waals surface area contributed by atoms with Crippen LogP contribution in [0.2, 0.25) is 0 Å². The zero-order chi connectivity index (χ0) is 69.5. The summed E-state index contributed by atoms with van der Waals surface area (Å²) in [6.07, 6.45) is 0. The van der Waals surface area contributed by atoms with Crippen molar-refractivity contribution in [2.45, 2.75) is 9.79 Å². The van der Waals surface area contributed by atoms with Gasteiger partial charge in [-0.2, -0.15) is 0 Å². The number of fused-ring (bicyclic) bond motifs is 16. The lowest BCUT2D eigenvalue weighted by molar-refractivity contribution is 1.16. The summed E-state index contributed by atoms with van der Waals surface area (Å²) in [4.78, 5) is 15.2. The van der Waals surface area contributed by atoms with Gasteiger partial charge in [-0.15, -0.1) is 0 Å². The van der Waals surface area contributed by atoms with E-state index < -0.39 is 0 Å². The molecule has 0 atom stereocenters. The maximum atomic E-state index is 2.68. The van der Waals surface area contributed by atoms with Gasteiger partial charge in [0.15, 0.2) is 0 Å². The normalized spacial score (nSPS) is 13.0. The number of hydrogen-bond acceptors (Lipinski definition) is 6. The molecule has 0 saturated carbocycles. The lowest BCUT2D eigenvalue weighted by Gasteiger charge is -2.46. The minimum atomic E-state index is -0.270. The fourth-order valence-electron chi connectivity index (χ4n) is 18.0. The quantitative estimate of drug-likeness (QED) is 0.120. The fraction of sp³-hybridized carbons (Fsp3) is 0. The van der Waals surface area contributed by atoms with Gasteiger partial charge in [-0.3, -0.25) is 0 Å². The molecule has 22 rings (SSSR count). The first-order chi connectivity index (χ1) is 52.7. The van der Waals surface area contributed by atoms with Gasteiger partial charge in [-0.25, -0.2) is 0 Å². The van der Waals surface area contributed by atoms with Crippen molar-refractivity contribution in [1.82, 2.24) is 9.13 Å². The highest BCUT2D eigenvalue weighted by Crippen LogP contribution is 2.54. The van der Waals surface area contributed by atoms with Gasteiger partial charge in [0.2, 0.25) is 6.71 Å². The van der Waals surface area contributed by atoms with Gasteiger partial charge in [0, 0.05) is 111 Å². The Morgan fingerprint density at radius 1 is 0.226 bits per heavy atom. The van der Waals surface area contributed by atoms with Gasteiger partial charge in [0.25, 0.3) is 6.71 Å². The van der Waals surface area contributed by atoms with E-state index in [1.807, 2.05) is 11.8 Å². The molecule has 0 amide bonds. The van der Waals surface area contributed by atoms with E-state index in [0.717, 1.165) is 119 Å². The van der Waals surface area contributed by atoms with Crippen molar-refractivity contribution >= 4 is 187 Å². The average Bonchev–Trinajstić information content (AvgIpc) is 1.15. The van der Waals surface area contributed by atoms with Crippen LogP contribution in [0.15, 0.2) is 392 Å². The highest BCUT2D eigenvalue weighted by molar-refractivity contribution is 8.00. The maximum Gasteiger partial charge on any atom is 0.252 e. The van der Waals surface area contributed by atoms with Crippen LogP contribution in [0.25, 0.3) is 55.0 Å². The molecular formula is C96H63B2N7S. The number of aromatic nitrogens is 2. The van der Waals surface area contributed by atoms with Crippen molar-refractivity contribution in [2.24, 2.45) is 0 Å². The van der Waals surface area contributed by atoms with Crippen molar-refractivity contribution in [1.29, 1.82) is 0 Å². The number of nitrogens with zero attached hydrogens (tertiary/aromatic N) is 7. The van der Waals surface area contributed by atoms with E-state index in [1.54, 1.807) is 0 Å². The van der Waals surface area contributed by atoms with Gasteiger partial charge in [-0.1, -0.05) is 248 Å². The SMILES string of the molecule is c1ccc(N(c2ccccc2)c2cc3c4c(c2)N(c2ccccc2)c2c(ccc5c6ccccc6n(-c6ccccc6)c25)B4c2cc4c(cc2S3)N(c2ccccc2)c2cc(N(c3ccccc3)c3ccccc3)cc3c2B4c2ccc4c5ccccc5n(-c5ccccc5)c4c2N3c2ccccc2)cc1. The lowest BCUT2D eigenvalue weighted by Crippen LogP contribution is -2.64. The van der Waals surface area contributed by atoms with Crippen molar-refractivity contribution < 1.29 is 0 Å². The van der Waals surface area contributed by atoms with Crippen LogP contribution >= 0.6 is 11.8 Å².